The van der Waals surface area contributed by atoms with Crippen LogP contribution in [0, 0.1) is 0 Å². The molecule has 0 heterocycles. The summed E-state index contributed by atoms with van der Waals surface area (Å²) < 4.78 is 0. The van der Waals surface area contributed by atoms with Gasteiger partial charge < -0.3 is 5.11 Å². The second kappa shape index (κ2) is 4.74. The normalized spacial score (nSPS) is 10.3. The van der Waals surface area contributed by atoms with E-state index < -0.39 is 5.97 Å². The summed E-state index contributed by atoms with van der Waals surface area (Å²) in [7, 11) is 0. The molecule has 0 bridgehead atoms. The van der Waals surface area contributed by atoms with Crippen molar-refractivity contribution < 1.29 is 9.90 Å². The van der Waals surface area contributed by atoms with Gasteiger partial charge >= 0.3 is 5.97 Å². The molecule has 76 valence electrons. The summed E-state index contributed by atoms with van der Waals surface area (Å²) in [6, 6.07) is 1.64. The predicted octanol–water partition coefficient (Wildman–Crippen LogP) is 2.47. The van der Waals surface area contributed by atoms with Crippen LogP contribution in [0.2, 0.25) is 0 Å². The molecule has 0 saturated carbocycles. The van der Waals surface area contributed by atoms with E-state index in [1.807, 2.05) is 0 Å². The highest BCUT2D eigenvalue weighted by Gasteiger charge is 2.11. The molecule has 0 atom stereocenters. The highest BCUT2D eigenvalue weighted by Crippen LogP contribution is 2.33. The van der Waals surface area contributed by atoms with Crippen LogP contribution in [-0.4, -0.2) is 11.1 Å². The van der Waals surface area contributed by atoms with Crippen molar-refractivity contribution in [3.63, 3.8) is 0 Å². The van der Waals surface area contributed by atoms with E-state index in [0.29, 0.717) is 25.1 Å². The van der Waals surface area contributed by atoms with Gasteiger partial charge in [0.1, 0.15) is 0 Å². The average molecular weight is 264 g/mol. The van der Waals surface area contributed by atoms with Crippen LogP contribution in [0.4, 0.5) is 0 Å². The Bertz CT molecular complexity index is 389. The Morgan fingerprint density at radius 1 is 1.14 bits per heavy atom. The third kappa shape index (κ3) is 2.56. The third-order valence-electron chi connectivity index (χ3n) is 1.65. The molecule has 0 aliphatic carbocycles. The first-order valence-corrected chi connectivity index (χ1v) is 5.40. The van der Waals surface area contributed by atoms with Crippen LogP contribution in [0.25, 0.3) is 0 Å². The zero-order valence-electron chi connectivity index (χ0n) is 6.93. The summed E-state index contributed by atoms with van der Waals surface area (Å²) in [4.78, 5) is 12.8. The third-order valence-corrected chi connectivity index (χ3v) is 3.95. The maximum Gasteiger partial charge on any atom is 0.307 e. The number of thiol groups is 4. The van der Waals surface area contributed by atoms with Crippen LogP contribution < -0.4 is 0 Å². The number of rotatable bonds is 2. The first-order chi connectivity index (χ1) is 6.43. The SMILES string of the molecule is O=C(O)Cc1cc(S)c(S)c(S)c1S. The van der Waals surface area contributed by atoms with Gasteiger partial charge in [0.15, 0.2) is 0 Å². The van der Waals surface area contributed by atoms with Crippen molar-refractivity contribution in [2.75, 3.05) is 0 Å². The zero-order chi connectivity index (χ0) is 10.9. The molecular formula is C8H8O2S4. The van der Waals surface area contributed by atoms with E-state index in [1.165, 1.54) is 0 Å². The second-order valence-electron chi connectivity index (χ2n) is 2.67. The lowest BCUT2D eigenvalue weighted by Gasteiger charge is -2.09. The van der Waals surface area contributed by atoms with E-state index in [1.54, 1.807) is 6.07 Å². The van der Waals surface area contributed by atoms with Crippen molar-refractivity contribution in [3.8, 4) is 0 Å². The summed E-state index contributed by atoms with van der Waals surface area (Å²) in [5.41, 5.74) is 0.591. The highest BCUT2D eigenvalue weighted by molar-refractivity contribution is 7.86. The van der Waals surface area contributed by atoms with Crippen LogP contribution in [0.15, 0.2) is 25.6 Å². The number of carbonyl (C=O) groups is 1. The van der Waals surface area contributed by atoms with Gasteiger partial charge in [0.25, 0.3) is 0 Å². The van der Waals surface area contributed by atoms with Crippen LogP contribution in [0.1, 0.15) is 5.56 Å². The minimum atomic E-state index is -0.910. The fourth-order valence-corrected chi connectivity index (χ4v) is 2.12. The van der Waals surface area contributed by atoms with Gasteiger partial charge in [0.2, 0.25) is 0 Å². The fourth-order valence-electron chi connectivity index (χ4n) is 0.985. The Morgan fingerprint density at radius 2 is 1.71 bits per heavy atom. The van der Waals surface area contributed by atoms with E-state index in [9.17, 15) is 4.79 Å². The summed E-state index contributed by atoms with van der Waals surface area (Å²) in [5.74, 6) is -0.910. The largest absolute Gasteiger partial charge is 0.481 e. The average Bonchev–Trinajstić information content (AvgIpc) is 2.10. The van der Waals surface area contributed by atoms with Crippen molar-refractivity contribution >= 4 is 56.5 Å². The number of hydrogen-bond acceptors (Lipinski definition) is 5. The van der Waals surface area contributed by atoms with Gasteiger partial charge in [-0.1, -0.05) is 0 Å². The molecule has 0 aromatic heterocycles. The smallest absolute Gasteiger partial charge is 0.307 e. The molecule has 1 rings (SSSR count). The van der Waals surface area contributed by atoms with Gasteiger partial charge in [-0.2, -0.15) is 0 Å². The van der Waals surface area contributed by atoms with E-state index in [4.69, 9.17) is 5.11 Å². The molecule has 1 aromatic rings. The maximum atomic E-state index is 10.5. The topological polar surface area (TPSA) is 37.3 Å². The second-order valence-corrected chi connectivity index (χ2v) is 4.49. The molecule has 0 amide bonds. The lowest BCUT2D eigenvalue weighted by atomic mass is 10.1. The Balaban J connectivity index is 3.25. The minimum Gasteiger partial charge on any atom is -0.481 e. The first kappa shape index (κ1) is 12.2. The molecule has 0 spiro atoms. The van der Waals surface area contributed by atoms with E-state index in [0.717, 1.165) is 0 Å². The molecular weight excluding hydrogens is 256 g/mol. The quantitative estimate of drug-likeness (QED) is 0.532. The van der Waals surface area contributed by atoms with Crippen molar-refractivity contribution in [1.82, 2.24) is 0 Å². The van der Waals surface area contributed by atoms with Crippen LogP contribution in [-0.2, 0) is 11.2 Å². The van der Waals surface area contributed by atoms with E-state index >= 15 is 0 Å². The van der Waals surface area contributed by atoms with Gasteiger partial charge in [-0.05, 0) is 11.6 Å². The summed E-state index contributed by atoms with van der Waals surface area (Å²) in [6.45, 7) is 0. The number of carboxylic acid groups (broad SMARTS) is 1. The number of benzene rings is 1. The molecule has 1 aromatic carbocycles. The summed E-state index contributed by atoms with van der Waals surface area (Å²) >= 11 is 16.7. The summed E-state index contributed by atoms with van der Waals surface area (Å²) in [6.07, 6.45) is -0.0893. The Labute approximate surface area is 104 Å². The van der Waals surface area contributed by atoms with Gasteiger partial charge in [0, 0.05) is 19.6 Å². The molecule has 0 aliphatic rings. The van der Waals surface area contributed by atoms with E-state index in [-0.39, 0.29) is 6.42 Å². The molecule has 2 nitrogen and oxygen atoms in total. The molecule has 0 aliphatic heterocycles. The molecule has 0 fully saturated rings. The van der Waals surface area contributed by atoms with Crippen molar-refractivity contribution in [2.24, 2.45) is 0 Å². The number of hydrogen-bond donors (Lipinski definition) is 5. The first-order valence-electron chi connectivity index (χ1n) is 3.61. The lowest BCUT2D eigenvalue weighted by Crippen LogP contribution is -2.02. The summed E-state index contributed by atoms with van der Waals surface area (Å²) in [5, 5.41) is 8.64. The molecule has 0 saturated heterocycles. The molecule has 0 unspecified atom stereocenters. The number of carboxylic acids is 1. The van der Waals surface area contributed by atoms with Gasteiger partial charge in [-0.3, -0.25) is 4.79 Å². The molecule has 6 heteroatoms. The molecule has 14 heavy (non-hydrogen) atoms. The minimum absolute atomic E-state index is 0.0893. The molecule has 0 radical (unpaired) electrons. The Morgan fingerprint density at radius 3 is 2.21 bits per heavy atom. The van der Waals surface area contributed by atoms with Crippen molar-refractivity contribution in [1.29, 1.82) is 0 Å². The van der Waals surface area contributed by atoms with Gasteiger partial charge in [-0.25, -0.2) is 0 Å². The standard InChI is InChI=1S/C8H8O2S4/c9-5(10)2-3-1-4(11)7(13)8(14)6(3)12/h1,11-14H,2H2,(H,9,10). The van der Waals surface area contributed by atoms with Gasteiger partial charge in [0.05, 0.1) is 6.42 Å². The predicted molar refractivity (Wildman–Crippen MR) is 66.8 cm³/mol. The molecule has 1 N–H and O–H groups in total. The van der Waals surface area contributed by atoms with E-state index in [2.05, 4.69) is 50.5 Å². The fraction of sp³-hybridized carbons (Fsp3) is 0.125. The number of aliphatic carboxylic acids is 1. The van der Waals surface area contributed by atoms with Crippen molar-refractivity contribution in [2.45, 2.75) is 26.0 Å². The Hall–Kier alpha value is 0.0900. The highest BCUT2D eigenvalue weighted by atomic mass is 32.1. The van der Waals surface area contributed by atoms with Crippen LogP contribution >= 0.6 is 50.5 Å². The van der Waals surface area contributed by atoms with Crippen LogP contribution in [0.5, 0.6) is 0 Å². The van der Waals surface area contributed by atoms with Crippen LogP contribution in [0.3, 0.4) is 0 Å². The Kier molecular flexibility index (Phi) is 4.12. The van der Waals surface area contributed by atoms with Crippen molar-refractivity contribution in [3.05, 3.63) is 11.6 Å². The lowest BCUT2D eigenvalue weighted by molar-refractivity contribution is -0.136. The van der Waals surface area contributed by atoms with Gasteiger partial charge in [-0.15, -0.1) is 50.5 Å². The zero-order valence-corrected chi connectivity index (χ0v) is 10.5. The maximum absolute atomic E-state index is 10.5. The monoisotopic (exact) mass is 264 g/mol.